The molecule has 1 amide bonds. The van der Waals surface area contributed by atoms with Gasteiger partial charge in [0.1, 0.15) is 5.75 Å². The minimum atomic E-state index is -3.35. The molecule has 1 N–H and O–H groups in total. The van der Waals surface area contributed by atoms with Crippen molar-refractivity contribution in [2.24, 2.45) is 5.92 Å². The first-order valence-corrected chi connectivity index (χ1v) is 13.0. The molecule has 3 rings (SSSR count). The molecule has 7 heteroatoms. The Morgan fingerprint density at radius 3 is 2.59 bits per heavy atom. The van der Waals surface area contributed by atoms with E-state index in [1.165, 1.54) is 4.31 Å². The number of carbonyl (C=O) groups excluding carboxylic acids is 1. The fourth-order valence-corrected chi connectivity index (χ4v) is 5.77. The van der Waals surface area contributed by atoms with Crippen LogP contribution in [-0.4, -0.2) is 51.1 Å². The lowest BCUT2D eigenvalue weighted by Crippen LogP contribution is -2.46. The van der Waals surface area contributed by atoms with Crippen molar-refractivity contribution in [3.8, 4) is 5.75 Å². The summed E-state index contributed by atoms with van der Waals surface area (Å²) >= 11 is 0. The summed E-state index contributed by atoms with van der Waals surface area (Å²) in [5.74, 6) is 0.655. The van der Waals surface area contributed by atoms with Crippen LogP contribution in [0.1, 0.15) is 36.8 Å². The first-order chi connectivity index (χ1) is 15.5. The van der Waals surface area contributed by atoms with Crippen LogP contribution in [0.2, 0.25) is 0 Å². The van der Waals surface area contributed by atoms with Gasteiger partial charge in [0.05, 0.1) is 18.8 Å². The normalized spacial score (nSPS) is 17.1. The van der Waals surface area contributed by atoms with E-state index in [2.05, 4.69) is 5.32 Å². The van der Waals surface area contributed by atoms with E-state index in [1.54, 1.807) is 7.11 Å². The van der Waals surface area contributed by atoms with Gasteiger partial charge in [-0.1, -0.05) is 48.5 Å². The Morgan fingerprint density at radius 1 is 1.06 bits per heavy atom. The second kappa shape index (κ2) is 12.0. The molecule has 2 aromatic rings. The van der Waals surface area contributed by atoms with Crippen molar-refractivity contribution in [2.45, 2.75) is 38.5 Å². The lowest BCUT2D eigenvalue weighted by molar-refractivity contribution is -0.126. The molecule has 0 spiro atoms. The van der Waals surface area contributed by atoms with E-state index < -0.39 is 10.0 Å². The quantitative estimate of drug-likeness (QED) is 0.524. The topological polar surface area (TPSA) is 75.7 Å². The largest absolute Gasteiger partial charge is 0.496 e. The molecular formula is C25H34N2O4S. The van der Waals surface area contributed by atoms with Gasteiger partial charge >= 0.3 is 0 Å². The lowest BCUT2D eigenvalue weighted by Gasteiger charge is -2.31. The molecule has 1 fully saturated rings. The van der Waals surface area contributed by atoms with Gasteiger partial charge in [0.25, 0.3) is 0 Å². The Bertz CT molecular complexity index is 963. The number of hydrogen-bond acceptors (Lipinski definition) is 4. The Kier molecular flexibility index (Phi) is 9.11. The van der Waals surface area contributed by atoms with Crippen LogP contribution in [0.5, 0.6) is 5.75 Å². The maximum absolute atomic E-state index is 12.8. The fraction of sp³-hybridized carbons (Fsp3) is 0.480. The number of ether oxygens (including phenoxy) is 1. The average Bonchev–Trinajstić information content (AvgIpc) is 2.82. The summed E-state index contributed by atoms with van der Waals surface area (Å²) in [4.78, 5) is 12.6. The van der Waals surface area contributed by atoms with Crippen molar-refractivity contribution in [1.82, 2.24) is 9.62 Å². The lowest BCUT2D eigenvalue weighted by atomic mass is 9.99. The molecule has 1 atom stereocenters. The number of sulfonamides is 1. The number of aryl methyl sites for hydroxylation is 2. The Morgan fingerprint density at radius 2 is 1.81 bits per heavy atom. The minimum absolute atomic E-state index is 0.0470. The maximum atomic E-state index is 12.8. The predicted octanol–water partition coefficient (Wildman–Crippen LogP) is 3.42. The molecule has 0 unspecified atom stereocenters. The van der Waals surface area contributed by atoms with Crippen molar-refractivity contribution in [3.63, 3.8) is 0 Å². The molecule has 0 aromatic heterocycles. The molecule has 1 aliphatic rings. The van der Waals surface area contributed by atoms with Gasteiger partial charge in [-0.2, -0.15) is 0 Å². The molecule has 174 valence electrons. The Labute approximate surface area is 192 Å². The van der Waals surface area contributed by atoms with E-state index in [1.807, 2.05) is 54.6 Å². The van der Waals surface area contributed by atoms with E-state index in [0.29, 0.717) is 19.5 Å². The van der Waals surface area contributed by atoms with Crippen molar-refractivity contribution >= 4 is 15.9 Å². The molecule has 0 aliphatic carbocycles. The molecular weight excluding hydrogens is 424 g/mol. The zero-order valence-electron chi connectivity index (χ0n) is 18.8. The number of nitrogens with one attached hydrogen (secondary N) is 1. The van der Waals surface area contributed by atoms with Crippen molar-refractivity contribution in [2.75, 3.05) is 32.5 Å². The van der Waals surface area contributed by atoms with Crippen LogP contribution >= 0.6 is 0 Å². The summed E-state index contributed by atoms with van der Waals surface area (Å²) in [5.41, 5.74) is 2.27. The second-order valence-corrected chi connectivity index (χ2v) is 10.4. The molecule has 0 bridgehead atoms. The first-order valence-electron chi connectivity index (χ1n) is 11.4. The zero-order valence-corrected chi connectivity index (χ0v) is 19.6. The van der Waals surface area contributed by atoms with Gasteiger partial charge in [-0.15, -0.1) is 0 Å². The summed E-state index contributed by atoms with van der Waals surface area (Å²) in [5, 5.41) is 3.00. The zero-order chi connectivity index (χ0) is 22.8. The molecule has 1 saturated heterocycles. The van der Waals surface area contributed by atoms with Gasteiger partial charge < -0.3 is 10.1 Å². The van der Waals surface area contributed by atoms with Crippen molar-refractivity contribution in [3.05, 3.63) is 65.7 Å². The highest BCUT2D eigenvalue weighted by molar-refractivity contribution is 7.89. The van der Waals surface area contributed by atoms with Crippen LogP contribution in [0.4, 0.5) is 0 Å². The average molecular weight is 459 g/mol. The molecule has 2 aromatic carbocycles. The summed E-state index contributed by atoms with van der Waals surface area (Å²) in [6, 6.07) is 17.8. The fourth-order valence-electron chi connectivity index (χ4n) is 4.19. The van der Waals surface area contributed by atoms with Crippen molar-refractivity contribution in [1.29, 1.82) is 0 Å². The van der Waals surface area contributed by atoms with E-state index in [9.17, 15) is 13.2 Å². The number of methoxy groups -OCH3 is 1. The van der Waals surface area contributed by atoms with Crippen LogP contribution in [0.3, 0.4) is 0 Å². The molecule has 1 aliphatic heterocycles. The maximum Gasteiger partial charge on any atom is 0.224 e. The van der Waals surface area contributed by atoms with E-state index in [-0.39, 0.29) is 24.1 Å². The van der Waals surface area contributed by atoms with Crippen LogP contribution in [0.25, 0.3) is 0 Å². The van der Waals surface area contributed by atoms with Crippen LogP contribution in [-0.2, 0) is 27.7 Å². The number of nitrogens with zero attached hydrogens (tertiary/aromatic N) is 1. The third-order valence-corrected chi connectivity index (χ3v) is 7.90. The summed E-state index contributed by atoms with van der Waals surface area (Å²) in [6.45, 7) is 1.36. The van der Waals surface area contributed by atoms with E-state index >= 15 is 0 Å². The van der Waals surface area contributed by atoms with Crippen LogP contribution < -0.4 is 10.1 Å². The van der Waals surface area contributed by atoms with Gasteiger partial charge in [0, 0.05) is 19.6 Å². The van der Waals surface area contributed by atoms with Crippen LogP contribution in [0, 0.1) is 5.92 Å². The number of benzene rings is 2. The van der Waals surface area contributed by atoms with Gasteiger partial charge in [-0.25, -0.2) is 12.7 Å². The Balaban J connectivity index is 1.42. The number of hydrogen-bond donors (Lipinski definition) is 1. The summed E-state index contributed by atoms with van der Waals surface area (Å²) in [6.07, 6.45) is 4.40. The summed E-state index contributed by atoms with van der Waals surface area (Å²) in [7, 11) is -1.69. The number of para-hydroxylation sites is 1. The summed E-state index contributed by atoms with van der Waals surface area (Å²) < 4.78 is 32.5. The van der Waals surface area contributed by atoms with Gasteiger partial charge in [0.2, 0.25) is 15.9 Å². The third kappa shape index (κ3) is 7.07. The van der Waals surface area contributed by atoms with Gasteiger partial charge in [-0.05, 0) is 55.7 Å². The highest BCUT2D eigenvalue weighted by Gasteiger charge is 2.31. The number of rotatable bonds is 11. The number of carbonyl (C=O) groups is 1. The standard InChI is InChI=1S/C25H34N2O4S/c1-31-24-16-6-5-13-22(24)14-7-17-26-25(28)23-15-8-18-27(20-23)32(29,30)19-9-12-21-10-3-2-4-11-21/h2-6,10-11,13,16,23H,7-9,12,14-15,17-20H2,1H3,(H,26,28)/t23-/m1/s1. The second-order valence-electron chi connectivity index (χ2n) is 8.31. The van der Waals surface area contributed by atoms with Crippen molar-refractivity contribution < 1.29 is 17.9 Å². The molecule has 1 heterocycles. The first kappa shape index (κ1) is 24.3. The predicted molar refractivity (Wildman–Crippen MR) is 127 cm³/mol. The highest BCUT2D eigenvalue weighted by atomic mass is 32.2. The van der Waals surface area contributed by atoms with E-state index in [4.69, 9.17) is 4.74 Å². The molecule has 0 radical (unpaired) electrons. The van der Waals surface area contributed by atoms with E-state index in [0.717, 1.165) is 49.0 Å². The molecule has 32 heavy (non-hydrogen) atoms. The SMILES string of the molecule is COc1ccccc1CCCNC(=O)[C@@H]1CCCN(S(=O)(=O)CCCc2ccccc2)C1. The molecule has 6 nitrogen and oxygen atoms in total. The minimum Gasteiger partial charge on any atom is -0.496 e. The van der Waals surface area contributed by atoms with Gasteiger partial charge in [-0.3, -0.25) is 4.79 Å². The number of piperidine rings is 1. The third-order valence-electron chi connectivity index (χ3n) is 5.97. The highest BCUT2D eigenvalue weighted by Crippen LogP contribution is 2.21. The smallest absolute Gasteiger partial charge is 0.224 e. The Hall–Kier alpha value is -2.38. The van der Waals surface area contributed by atoms with Gasteiger partial charge in [0.15, 0.2) is 0 Å². The van der Waals surface area contributed by atoms with Crippen LogP contribution in [0.15, 0.2) is 54.6 Å². The monoisotopic (exact) mass is 458 g/mol. The number of amides is 1. The molecule has 0 saturated carbocycles.